The molecule has 3 unspecified atom stereocenters. The summed E-state index contributed by atoms with van der Waals surface area (Å²) in [5.74, 6) is -1.78. The highest BCUT2D eigenvalue weighted by molar-refractivity contribution is 7.47. The van der Waals surface area contributed by atoms with Crippen LogP contribution in [0.1, 0.15) is 194 Å². The van der Waals surface area contributed by atoms with Gasteiger partial charge in [0.2, 0.25) is 0 Å². The van der Waals surface area contributed by atoms with Crippen LogP contribution in [0.4, 0.5) is 0 Å². The van der Waals surface area contributed by atoms with E-state index in [4.69, 9.17) is 29.4 Å². The molecule has 0 saturated carbocycles. The van der Waals surface area contributed by atoms with Crippen LogP contribution in [0.3, 0.4) is 0 Å². The van der Waals surface area contributed by atoms with Gasteiger partial charge in [0.1, 0.15) is 12.1 Å². The van der Waals surface area contributed by atoms with Gasteiger partial charge >= 0.3 is 19.8 Å². The molecule has 0 fully saturated rings. The number of unbranched alkanes of at least 4 members (excludes halogenated alkanes) is 21. The molecule has 0 aromatic rings. The summed E-state index contributed by atoms with van der Waals surface area (Å²) in [5, 5.41) is 8.90. The third-order valence-electron chi connectivity index (χ3n) is 9.62. The Morgan fingerprint density at radius 3 is 1.53 bits per heavy atom. The number of carboxylic acids is 1. The van der Waals surface area contributed by atoms with Gasteiger partial charge in [0.05, 0.1) is 19.8 Å². The van der Waals surface area contributed by atoms with Crippen molar-refractivity contribution >= 4 is 19.8 Å². The molecule has 0 rings (SSSR count). The van der Waals surface area contributed by atoms with Crippen molar-refractivity contribution in [3.63, 3.8) is 0 Å². The number of rotatable bonds is 43. The van der Waals surface area contributed by atoms with Gasteiger partial charge in [0.25, 0.3) is 0 Å². The Morgan fingerprint density at radius 1 is 0.579 bits per heavy atom. The highest BCUT2D eigenvalue weighted by Gasteiger charge is 2.27. The van der Waals surface area contributed by atoms with Crippen LogP contribution in [0.25, 0.3) is 0 Å². The molecule has 0 spiro atoms. The van der Waals surface area contributed by atoms with Crippen molar-refractivity contribution in [2.24, 2.45) is 5.73 Å². The molecule has 0 aliphatic carbocycles. The summed E-state index contributed by atoms with van der Waals surface area (Å²) < 4.78 is 33.4. The molecule has 3 atom stereocenters. The Labute approximate surface area is 348 Å². The summed E-state index contributed by atoms with van der Waals surface area (Å²) in [6, 6.07) is -1.47. The second kappa shape index (κ2) is 42.1. The quantitative estimate of drug-likeness (QED) is 0.0234. The van der Waals surface area contributed by atoms with E-state index in [1.54, 1.807) is 0 Å². The molecule has 0 aromatic carbocycles. The maximum atomic E-state index is 12.6. The first kappa shape index (κ1) is 54.9. The minimum Gasteiger partial charge on any atom is -0.480 e. The Balaban J connectivity index is 4.22. The van der Waals surface area contributed by atoms with E-state index in [0.29, 0.717) is 13.0 Å². The number of hydrogen-bond acceptors (Lipinski definition) is 8. The Hall–Kier alpha value is -2.07. The number of hydrogen-bond donors (Lipinski definition) is 3. The van der Waals surface area contributed by atoms with Crippen LogP contribution in [-0.4, -0.2) is 60.5 Å². The van der Waals surface area contributed by atoms with Crippen molar-refractivity contribution in [3.05, 3.63) is 48.6 Å². The molecule has 10 nitrogen and oxygen atoms in total. The molecule has 4 N–H and O–H groups in total. The van der Waals surface area contributed by atoms with E-state index in [0.717, 1.165) is 64.2 Å². The molecule has 0 bridgehead atoms. The summed E-state index contributed by atoms with van der Waals surface area (Å²) in [4.78, 5) is 33.6. The first-order valence-electron chi connectivity index (χ1n) is 22.7. The standard InChI is InChI=1S/C46H84NO9P/c1-3-5-7-9-11-13-15-17-19-20-21-22-23-25-27-29-31-33-35-37-39-53-40-43(41-54-57(51,52)55-42-44(47)46(49)50)56-45(48)38-36-34-32-30-28-26-24-18-16-14-12-10-8-6-4-2/h5,7,11,13,17,19,21-22,43-44H,3-4,6,8-10,12,14-16,18,20,23-42,47H2,1-2H3,(H,49,50)(H,51,52)/b7-5-,13-11-,19-17-,22-21-. The summed E-state index contributed by atoms with van der Waals surface area (Å²) >= 11 is 0. The predicted octanol–water partition coefficient (Wildman–Crippen LogP) is 12.6. The smallest absolute Gasteiger partial charge is 0.472 e. The van der Waals surface area contributed by atoms with Crippen molar-refractivity contribution in [2.45, 2.75) is 206 Å². The summed E-state index contributed by atoms with van der Waals surface area (Å²) in [7, 11) is -4.62. The Morgan fingerprint density at radius 2 is 1.02 bits per heavy atom. The molecule has 57 heavy (non-hydrogen) atoms. The lowest BCUT2D eigenvalue weighted by atomic mass is 10.0. The fourth-order valence-corrected chi connectivity index (χ4v) is 6.90. The summed E-state index contributed by atoms with van der Waals surface area (Å²) in [5.41, 5.74) is 5.36. The molecular weight excluding hydrogens is 741 g/mol. The zero-order chi connectivity index (χ0) is 41.9. The van der Waals surface area contributed by atoms with Crippen molar-refractivity contribution in [1.29, 1.82) is 0 Å². The molecule has 0 amide bonds. The largest absolute Gasteiger partial charge is 0.480 e. The average molecular weight is 826 g/mol. The first-order chi connectivity index (χ1) is 27.7. The number of carboxylic acid groups (broad SMARTS) is 1. The van der Waals surface area contributed by atoms with Crippen molar-refractivity contribution in [3.8, 4) is 0 Å². The molecule has 11 heteroatoms. The van der Waals surface area contributed by atoms with E-state index in [-0.39, 0.29) is 13.0 Å². The first-order valence-corrected chi connectivity index (χ1v) is 24.2. The van der Waals surface area contributed by atoms with Gasteiger partial charge in [0.15, 0.2) is 0 Å². The molecule has 332 valence electrons. The highest BCUT2D eigenvalue weighted by atomic mass is 31.2. The number of carbonyl (C=O) groups is 2. The van der Waals surface area contributed by atoms with E-state index in [1.807, 2.05) is 0 Å². The van der Waals surface area contributed by atoms with Gasteiger partial charge in [-0.15, -0.1) is 0 Å². The number of phosphoric ester groups is 1. The number of nitrogens with two attached hydrogens (primary N) is 1. The monoisotopic (exact) mass is 826 g/mol. The number of aliphatic carboxylic acids is 1. The maximum Gasteiger partial charge on any atom is 0.472 e. The van der Waals surface area contributed by atoms with E-state index in [2.05, 4.69) is 62.5 Å². The molecule has 0 radical (unpaired) electrons. The molecule has 0 aromatic heterocycles. The van der Waals surface area contributed by atoms with Crippen LogP contribution in [0.2, 0.25) is 0 Å². The van der Waals surface area contributed by atoms with E-state index >= 15 is 0 Å². The summed E-state index contributed by atoms with van der Waals surface area (Å²) in [6.45, 7) is 3.76. The van der Waals surface area contributed by atoms with Crippen LogP contribution < -0.4 is 5.73 Å². The lowest BCUT2D eigenvalue weighted by molar-refractivity contribution is -0.154. The maximum absolute atomic E-state index is 12.6. The fourth-order valence-electron chi connectivity index (χ4n) is 6.12. The Kier molecular flexibility index (Phi) is 40.5. The third-order valence-corrected chi connectivity index (χ3v) is 10.6. The second-order valence-electron chi connectivity index (χ2n) is 15.2. The molecule has 0 aliphatic heterocycles. The molecular formula is C46H84NO9P. The van der Waals surface area contributed by atoms with Gasteiger partial charge in [-0.25, -0.2) is 4.57 Å². The van der Waals surface area contributed by atoms with Crippen molar-refractivity contribution in [1.82, 2.24) is 0 Å². The zero-order valence-corrected chi connectivity index (χ0v) is 37.1. The lowest BCUT2D eigenvalue weighted by Gasteiger charge is -2.20. The lowest BCUT2D eigenvalue weighted by Crippen LogP contribution is -2.34. The van der Waals surface area contributed by atoms with Crippen LogP contribution in [0.15, 0.2) is 48.6 Å². The highest BCUT2D eigenvalue weighted by Crippen LogP contribution is 2.43. The van der Waals surface area contributed by atoms with Gasteiger partial charge in [0, 0.05) is 13.0 Å². The molecule has 0 aliphatic rings. The number of carbonyl (C=O) groups excluding carboxylic acids is 1. The third kappa shape index (κ3) is 41.9. The second-order valence-corrected chi connectivity index (χ2v) is 16.6. The minimum absolute atomic E-state index is 0.0105. The Bertz CT molecular complexity index is 1090. The number of phosphoric acid groups is 1. The fraction of sp³-hybridized carbons (Fsp3) is 0.783. The SMILES string of the molecule is CC/C=C\C/C=C\C/C=C\C/C=C\CCCCCCCCCOCC(COP(=O)(O)OCC(N)C(=O)O)OC(=O)CCCCCCCCCCCCCCCCC. The number of esters is 1. The zero-order valence-electron chi connectivity index (χ0n) is 36.2. The van der Waals surface area contributed by atoms with Crippen LogP contribution in [0.5, 0.6) is 0 Å². The topological polar surface area (TPSA) is 155 Å². The summed E-state index contributed by atoms with van der Waals surface area (Å²) in [6.07, 6.45) is 48.7. The van der Waals surface area contributed by atoms with E-state index < -0.39 is 45.1 Å². The number of ether oxygens (including phenoxy) is 2. The van der Waals surface area contributed by atoms with Crippen LogP contribution in [0, 0.1) is 0 Å². The minimum atomic E-state index is -4.62. The van der Waals surface area contributed by atoms with Crippen LogP contribution in [-0.2, 0) is 32.7 Å². The van der Waals surface area contributed by atoms with E-state index in [1.165, 1.54) is 103 Å². The van der Waals surface area contributed by atoms with Gasteiger partial charge in [-0.1, -0.05) is 184 Å². The van der Waals surface area contributed by atoms with Gasteiger partial charge in [-0.2, -0.15) is 0 Å². The van der Waals surface area contributed by atoms with Crippen LogP contribution >= 0.6 is 7.82 Å². The normalized spacial score (nSPS) is 14.3. The van der Waals surface area contributed by atoms with Gasteiger partial charge in [-0.3, -0.25) is 18.6 Å². The van der Waals surface area contributed by atoms with E-state index in [9.17, 15) is 19.0 Å². The average Bonchev–Trinajstić information content (AvgIpc) is 3.19. The molecule has 0 heterocycles. The van der Waals surface area contributed by atoms with Crippen molar-refractivity contribution < 1.29 is 42.7 Å². The van der Waals surface area contributed by atoms with Crippen molar-refractivity contribution in [2.75, 3.05) is 26.4 Å². The van der Waals surface area contributed by atoms with Gasteiger partial charge in [-0.05, 0) is 51.4 Å². The predicted molar refractivity (Wildman–Crippen MR) is 235 cm³/mol. The van der Waals surface area contributed by atoms with Gasteiger partial charge < -0.3 is 25.2 Å². The molecule has 0 saturated heterocycles. The number of allylic oxidation sites excluding steroid dienone is 8.